The van der Waals surface area contributed by atoms with Gasteiger partial charge in [0.25, 0.3) is 5.56 Å². The number of nitrogens with two attached hydrogens (primary N) is 1. The summed E-state index contributed by atoms with van der Waals surface area (Å²) in [6.45, 7) is 0. The molecule has 2 rings (SSSR count). The summed E-state index contributed by atoms with van der Waals surface area (Å²) in [4.78, 5) is 23.5. The van der Waals surface area contributed by atoms with Crippen LogP contribution in [0.3, 0.4) is 0 Å². The van der Waals surface area contributed by atoms with Gasteiger partial charge in [-0.25, -0.2) is 0 Å². The van der Waals surface area contributed by atoms with Gasteiger partial charge in [-0.05, 0) is 40.8 Å². The quantitative estimate of drug-likeness (QED) is 0.885. The van der Waals surface area contributed by atoms with E-state index >= 15 is 0 Å². The molecular formula is C13H18BrN3O2. The van der Waals surface area contributed by atoms with Crippen LogP contribution in [0.25, 0.3) is 0 Å². The van der Waals surface area contributed by atoms with E-state index in [0.717, 1.165) is 19.3 Å². The fraction of sp³-hybridized carbons (Fsp3) is 0.538. The first-order valence-electron chi connectivity index (χ1n) is 6.39. The molecule has 1 aromatic rings. The van der Waals surface area contributed by atoms with Gasteiger partial charge in [-0.3, -0.25) is 9.59 Å². The number of hydrogen-bond donors (Lipinski definition) is 2. The minimum Gasteiger partial charge on any atom is -0.327 e. The Labute approximate surface area is 120 Å². The Morgan fingerprint density at radius 3 is 2.89 bits per heavy atom. The molecule has 6 heteroatoms. The average Bonchev–Trinajstić information content (AvgIpc) is 2.72. The van der Waals surface area contributed by atoms with Crippen LogP contribution < -0.4 is 16.6 Å². The lowest BCUT2D eigenvalue weighted by Gasteiger charge is -2.15. The van der Waals surface area contributed by atoms with E-state index in [4.69, 9.17) is 5.73 Å². The third-order valence-electron chi connectivity index (χ3n) is 3.59. The molecule has 1 aliphatic rings. The number of pyridine rings is 1. The third-order valence-corrected chi connectivity index (χ3v) is 4.16. The number of halogens is 1. The topological polar surface area (TPSA) is 77.1 Å². The predicted octanol–water partition coefficient (Wildman–Crippen LogP) is 1.60. The largest absolute Gasteiger partial charge is 0.327 e. The maximum Gasteiger partial charge on any atom is 0.264 e. The zero-order valence-electron chi connectivity index (χ0n) is 10.9. The summed E-state index contributed by atoms with van der Waals surface area (Å²) in [5.41, 5.74) is 6.44. The number of aromatic nitrogens is 1. The smallest absolute Gasteiger partial charge is 0.264 e. The van der Waals surface area contributed by atoms with Gasteiger partial charge in [0.1, 0.15) is 0 Å². The number of rotatable bonds is 3. The Morgan fingerprint density at radius 1 is 1.58 bits per heavy atom. The molecule has 0 saturated heterocycles. The van der Waals surface area contributed by atoms with Gasteiger partial charge in [0, 0.05) is 25.7 Å². The van der Waals surface area contributed by atoms with Crippen LogP contribution in [-0.2, 0) is 11.8 Å². The highest BCUT2D eigenvalue weighted by Gasteiger charge is 2.26. The number of nitrogens with one attached hydrogen (secondary N) is 1. The highest BCUT2D eigenvalue weighted by molar-refractivity contribution is 9.10. The molecule has 1 saturated carbocycles. The summed E-state index contributed by atoms with van der Waals surface area (Å²) >= 11 is 3.18. The molecule has 1 aromatic heterocycles. The van der Waals surface area contributed by atoms with Crippen LogP contribution in [-0.4, -0.2) is 16.5 Å². The average molecular weight is 328 g/mol. The molecule has 0 bridgehead atoms. The first kappa shape index (κ1) is 14.3. The van der Waals surface area contributed by atoms with Crippen molar-refractivity contribution in [1.82, 2.24) is 4.57 Å². The molecule has 1 amide bonds. The van der Waals surface area contributed by atoms with Crippen LogP contribution >= 0.6 is 15.9 Å². The lowest BCUT2D eigenvalue weighted by Crippen LogP contribution is -2.28. The van der Waals surface area contributed by atoms with Gasteiger partial charge in [-0.15, -0.1) is 0 Å². The maximum absolute atomic E-state index is 12.0. The van der Waals surface area contributed by atoms with E-state index in [9.17, 15) is 9.59 Å². The lowest BCUT2D eigenvalue weighted by atomic mass is 10.00. The van der Waals surface area contributed by atoms with E-state index in [0.29, 0.717) is 16.6 Å². The Hall–Kier alpha value is -1.14. The molecule has 1 fully saturated rings. The minimum atomic E-state index is -0.129. The third kappa shape index (κ3) is 3.45. The van der Waals surface area contributed by atoms with E-state index in [2.05, 4.69) is 21.2 Å². The number of carbonyl (C=O) groups excluding carboxylic acids is 1. The van der Waals surface area contributed by atoms with Gasteiger partial charge in [-0.2, -0.15) is 0 Å². The fourth-order valence-corrected chi connectivity index (χ4v) is 3.04. The monoisotopic (exact) mass is 327 g/mol. The number of nitrogens with zero attached hydrogens (tertiary/aromatic N) is 1. The summed E-state index contributed by atoms with van der Waals surface area (Å²) in [5, 5.41) is 2.81. The van der Waals surface area contributed by atoms with E-state index < -0.39 is 0 Å². The Bertz CT molecular complexity index is 515. The molecule has 2 atom stereocenters. The van der Waals surface area contributed by atoms with Crippen molar-refractivity contribution in [2.45, 2.75) is 31.7 Å². The summed E-state index contributed by atoms with van der Waals surface area (Å²) in [7, 11) is 1.65. The zero-order chi connectivity index (χ0) is 14.0. The normalized spacial score (nSPS) is 22.5. The molecule has 19 heavy (non-hydrogen) atoms. The minimum absolute atomic E-state index is 0.0482. The second-order valence-electron chi connectivity index (χ2n) is 5.10. The molecule has 1 aliphatic carbocycles. The van der Waals surface area contributed by atoms with Gasteiger partial charge in [-0.1, -0.05) is 6.42 Å². The van der Waals surface area contributed by atoms with Crippen LogP contribution in [0.5, 0.6) is 0 Å². The molecule has 104 valence electrons. The van der Waals surface area contributed by atoms with Gasteiger partial charge in [0.15, 0.2) is 0 Å². The number of aryl methyl sites for hydroxylation is 1. The highest BCUT2D eigenvalue weighted by Crippen LogP contribution is 2.27. The Balaban J connectivity index is 2.01. The van der Waals surface area contributed by atoms with Crippen molar-refractivity contribution >= 4 is 27.5 Å². The number of carbonyl (C=O) groups is 1. The van der Waals surface area contributed by atoms with Crippen LogP contribution in [0.4, 0.5) is 5.69 Å². The summed E-state index contributed by atoms with van der Waals surface area (Å²) in [5.74, 6) is 0.226. The van der Waals surface area contributed by atoms with Crippen LogP contribution in [0.1, 0.15) is 25.7 Å². The van der Waals surface area contributed by atoms with Crippen LogP contribution in [0.15, 0.2) is 21.5 Å². The summed E-state index contributed by atoms with van der Waals surface area (Å²) in [6.07, 6.45) is 5.18. The molecule has 0 unspecified atom stereocenters. The zero-order valence-corrected chi connectivity index (χ0v) is 12.4. The summed E-state index contributed by atoms with van der Waals surface area (Å²) in [6, 6.07) is 1.76. The second kappa shape index (κ2) is 5.88. The van der Waals surface area contributed by atoms with Crippen LogP contribution in [0.2, 0.25) is 0 Å². The van der Waals surface area contributed by atoms with Crippen molar-refractivity contribution in [3.05, 3.63) is 27.1 Å². The summed E-state index contributed by atoms with van der Waals surface area (Å²) < 4.78 is 1.87. The van der Waals surface area contributed by atoms with Crippen molar-refractivity contribution < 1.29 is 4.79 Å². The van der Waals surface area contributed by atoms with Crippen molar-refractivity contribution in [2.75, 3.05) is 5.32 Å². The molecule has 0 aliphatic heterocycles. The van der Waals surface area contributed by atoms with Gasteiger partial charge < -0.3 is 15.6 Å². The van der Waals surface area contributed by atoms with Gasteiger partial charge >= 0.3 is 0 Å². The van der Waals surface area contributed by atoms with Gasteiger partial charge in [0.05, 0.1) is 10.2 Å². The molecule has 0 spiro atoms. The maximum atomic E-state index is 12.0. The first-order chi connectivity index (χ1) is 8.97. The molecule has 0 radical (unpaired) electrons. The Morgan fingerprint density at radius 2 is 2.32 bits per heavy atom. The van der Waals surface area contributed by atoms with E-state index in [1.165, 1.54) is 4.57 Å². The molecule has 5 nitrogen and oxygen atoms in total. The van der Waals surface area contributed by atoms with E-state index in [1.54, 1.807) is 19.3 Å². The predicted molar refractivity (Wildman–Crippen MR) is 77.9 cm³/mol. The lowest BCUT2D eigenvalue weighted by molar-refractivity contribution is -0.117. The van der Waals surface area contributed by atoms with Gasteiger partial charge in [0.2, 0.25) is 5.91 Å². The van der Waals surface area contributed by atoms with Crippen LogP contribution in [0, 0.1) is 5.92 Å². The molecule has 0 aromatic carbocycles. The van der Waals surface area contributed by atoms with E-state index in [-0.39, 0.29) is 23.4 Å². The Kier molecular flexibility index (Phi) is 4.42. The van der Waals surface area contributed by atoms with Crippen molar-refractivity contribution in [2.24, 2.45) is 18.7 Å². The van der Waals surface area contributed by atoms with Crippen molar-refractivity contribution in [3.63, 3.8) is 0 Å². The number of anilines is 1. The molecular weight excluding hydrogens is 310 g/mol. The number of hydrogen-bond acceptors (Lipinski definition) is 3. The SMILES string of the molecule is Cn1cc(NC(=O)C[C@@H]2CCC[C@H]2N)cc(Br)c1=O. The number of amides is 1. The van der Waals surface area contributed by atoms with E-state index in [1.807, 2.05) is 0 Å². The second-order valence-corrected chi connectivity index (χ2v) is 5.95. The highest BCUT2D eigenvalue weighted by atomic mass is 79.9. The molecule has 3 N–H and O–H groups in total. The fourth-order valence-electron chi connectivity index (χ4n) is 2.51. The van der Waals surface area contributed by atoms with Crippen molar-refractivity contribution in [3.8, 4) is 0 Å². The first-order valence-corrected chi connectivity index (χ1v) is 7.18. The molecule has 1 heterocycles. The van der Waals surface area contributed by atoms with Crippen molar-refractivity contribution in [1.29, 1.82) is 0 Å². The standard InChI is InChI=1S/C13H18BrN3O2/c1-17-7-9(6-10(14)13(17)19)16-12(18)5-8-3-2-4-11(8)15/h6-8,11H,2-5,15H2,1H3,(H,16,18)/t8-,11+/m0/s1.